The topological polar surface area (TPSA) is 75.3 Å². The summed E-state index contributed by atoms with van der Waals surface area (Å²) in [6.07, 6.45) is -0.00903. The van der Waals surface area contributed by atoms with Crippen LogP contribution in [0.25, 0.3) is 0 Å². The summed E-state index contributed by atoms with van der Waals surface area (Å²) in [7, 11) is -3.72. The Morgan fingerprint density at radius 1 is 1.03 bits per heavy atom. The minimum atomic E-state index is -3.72. The second kappa shape index (κ2) is 9.72. The molecular formula is C21H17ClN2O3S2. The maximum Gasteiger partial charge on any atom is 0.240 e. The number of nitrogens with one attached hydrogen (secondary N) is 2. The van der Waals surface area contributed by atoms with Crippen molar-refractivity contribution >= 4 is 44.6 Å². The SMILES string of the molecule is O=C(CCNS(=O)(=O)c1cccc(Cl)c1)Nc1cccc(C#Cc2cccs2)c1. The number of sulfonamides is 1. The Morgan fingerprint density at radius 3 is 2.62 bits per heavy atom. The number of rotatable bonds is 6. The summed E-state index contributed by atoms with van der Waals surface area (Å²) in [6.45, 7) is -0.0292. The molecule has 1 heterocycles. The molecule has 0 aliphatic heterocycles. The van der Waals surface area contributed by atoms with E-state index in [-0.39, 0.29) is 23.8 Å². The van der Waals surface area contributed by atoms with Crippen molar-refractivity contribution < 1.29 is 13.2 Å². The third-order valence-corrected chi connectivity index (χ3v) is 6.23. The second-order valence-corrected chi connectivity index (χ2v) is 9.11. The molecule has 0 bridgehead atoms. The lowest BCUT2D eigenvalue weighted by atomic mass is 10.2. The molecule has 3 aromatic rings. The molecule has 0 aliphatic carbocycles. The van der Waals surface area contributed by atoms with Crippen LogP contribution >= 0.6 is 22.9 Å². The van der Waals surface area contributed by atoms with Crippen molar-refractivity contribution in [3.8, 4) is 11.8 Å². The predicted molar refractivity (Wildman–Crippen MR) is 117 cm³/mol. The minimum Gasteiger partial charge on any atom is -0.326 e. The van der Waals surface area contributed by atoms with E-state index in [0.717, 1.165) is 10.4 Å². The van der Waals surface area contributed by atoms with E-state index in [1.54, 1.807) is 41.7 Å². The van der Waals surface area contributed by atoms with Crippen LogP contribution in [-0.2, 0) is 14.8 Å². The fraction of sp³-hybridized carbons (Fsp3) is 0.0952. The molecule has 148 valence electrons. The van der Waals surface area contributed by atoms with E-state index in [9.17, 15) is 13.2 Å². The zero-order chi connectivity index (χ0) is 20.7. The van der Waals surface area contributed by atoms with E-state index < -0.39 is 10.0 Å². The lowest BCUT2D eigenvalue weighted by Gasteiger charge is -2.08. The van der Waals surface area contributed by atoms with Crippen LogP contribution in [0.5, 0.6) is 0 Å². The third kappa shape index (κ3) is 6.44. The summed E-state index contributed by atoms with van der Waals surface area (Å²) in [6, 6.07) is 17.0. The Morgan fingerprint density at radius 2 is 1.86 bits per heavy atom. The first kappa shape index (κ1) is 21.1. The van der Waals surface area contributed by atoms with E-state index in [1.807, 2.05) is 23.6 Å². The smallest absolute Gasteiger partial charge is 0.240 e. The Hall–Kier alpha value is -2.63. The van der Waals surface area contributed by atoms with E-state index >= 15 is 0 Å². The molecule has 1 aromatic heterocycles. The van der Waals surface area contributed by atoms with Crippen molar-refractivity contribution in [3.05, 3.63) is 81.5 Å². The number of hydrogen-bond donors (Lipinski definition) is 2. The van der Waals surface area contributed by atoms with Gasteiger partial charge in [0, 0.05) is 29.2 Å². The molecule has 3 rings (SSSR count). The first-order chi connectivity index (χ1) is 13.9. The summed E-state index contributed by atoms with van der Waals surface area (Å²) in [5.74, 6) is 5.81. The van der Waals surface area contributed by atoms with Crippen molar-refractivity contribution in [1.82, 2.24) is 4.72 Å². The van der Waals surface area contributed by atoms with Crippen LogP contribution in [0.2, 0.25) is 5.02 Å². The van der Waals surface area contributed by atoms with Gasteiger partial charge in [0.1, 0.15) is 0 Å². The van der Waals surface area contributed by atoms with E-state index in [1.165, 1.54) is 12.1 Å². The molecule has 5 nitrogen and oxygen atoms in total. The van der Waals surface area contributed by atoms with Crippen molar-refractivity contribution in [2.24, 2.45) is 0 Å². The first-order valence-electron chi connectivity index (χ1n) is 8.63. The van der Waals surface area contributed by atoms with Gasteiger partial charge in [-0.05, 0) is 47.8 Å². The molecule has 0 radical (unpaired) electrons. The molecule has 0 aliphatic rings. The summed E-state index contributed by atoms with van der Waals surface area (Å²) >= 11 is 7.38. The molecule has 0 saturated heterocycles. The number of benzene rings is 2. The largest absolute Gasteiger partial charge is 0.326 e. The number of halogens is 1. The monoisotopic (exact) mass is 444 g/mol. The quantitative estimate of drug-likeness (QED) is 0.562. The molecular weight excluding hydrogens is 428 g/mol. The first-order valence-corrected chi connectivity index (χ1v) is 11.4. The number of carbonyl (C=O) groups is 1. The Balaban J connectivity index is 1.54. The number of thiophene rings is 1. The number of anilines is 1. The molecule has 0 fully saturated rings. The van der Waals surface area contributed by atoms with Gasteiger partial charge < -0.3 is 5.32 Å². The zero-order valence-corrected chi connectivity index (χ0v) is 17.6. The predicted octanol–water partition coefficient (Wildman–Crippen LogP) is 4.11. The van der Waals surface area contributed by atoms with Crippen LogP contribution in [0.3, 0.4) is 0 Å². The fourth-order valence-electron chi connectivity index (χ4n) is 2.40. The van der Waals surface area contributed by atoms with Gasteiger partial charge in [-0.1, -0.05) is 41.6 Å². The van der Waals surface area contributed by atoms with Gasteiger partial charge in [0.2, 0.25) is 15.9 Å². The Kier molecular flexibility index (Phi) is 7.07. The fourth-order valence-corrected chi connectivity index (χ4v) is 4.30. The Bertz CT molecular complexity index is 1160. The molecule has 0 atom stereocenters. The van der Waals surface area contributed by atoms with Crippen molar-refractivity contribution in [1.29, 1.82) is 0 Å². The van der Waals surface area contributed by atoms with Crippen molar-refractivity contribution in [2.75, 3.05) is 11.9 Å². The normalized spacial score (nSPS) is 10.8. The highest BCUT2D eigenvalue weighted by Gasteiger charge is 2.14. The van der Waals surface area contributed by atoms with Crippen LogP contribution in [0, 0.1) is 11.8 Å². The maximum atomic E-state index is 12.2. The minimum absolute atomic E-state index is 0.00903. The van der Waals surface area contributed by atoms with Crippen LogP contribution in [0.15, 0.2) is 70.9 Å². The summed E-state index contributed by atoms with van der Waals surface area (Å²) in [5.41, 5.74) is 1.38. The molecule has 0 saturated carbocycles. The van der Waals surface area contributed by atoms with E-state index in [0.29, 0.717) is 10.7 Å². The van der Waals surface area contributed by atoms with Crippen molar-refractivity contribution in [2.45, 2.75) is 11.3 Å². The molecule has 0 unspecified atom stereocenters. The highest BCUT2D eigenvalue weighted by atomic mass is 35.5. The van der Waals surface area contributed by atoms with Crippen LogP contribution in [-0.4, -0.2) is 20.9 Å². The third-order valence-electron chi connectivity index (χ3n) is 3.75. The van der Waals surface area contributed by atoms with Gasteiger partial charge in [-0.15, -0.1) is 11.3 Å². The number of amides is 1. The average Bonchev–Trinajstić information content (AvgIpc) is 3.20. The molecule has 0 spiro atoms. The van der Waals surface area contributed by atoms with Gasteiger partial charge in [-0.25, -0.2) is 13.1 Å². The van der Waals surface area contributed by atoms with E-state index in [2.05, 4.69) is 21.9 Å². The summed E-state index contributed by atoms with van der Waals surface area (Å²) < 4.78 is 26.8. The number of hydrogen-bond acceptors (Lipinski definition) is 4. The summed E-state index contributed by atoms with van der Waals surface area (Å²) in [4.78, 5) is 13.2. The van der Waals surface area contributed by atoms with Crippen LogP contribution in [0.1, 0.15) is 16.9 Å². The van der Waals surface area contributed by atoms with Gasteiger partial charge in [0.05, 0.1) is 9.77 Å². The molecule has 1 amide bonds. The van der Waals surface area contributed by atoms with Gasteiger partial charge in [-0.2, -0.15) is 0 Å². The summed E-state index contributed by atoms with van der Waals surface area (Å²) in [5, 5.41) is 5.04. The van der Waals surface area contributed by atoms with Gasteiger partial charge in [-0.3, -0.25) is 4.79 Å². The number of carbonyl (C=O) groups excluding carboxylic acids is 1. The van der Waals surface area contributed by atoms with E-state index in [4.69, 9.17) is 11.6 Å². The molecule has 2 aromatic carbocycles. The molecule has 29 heavy (non-hydrogen) atoms. The second-order valence-electron chi connectivity index (χ2n) is 5.96. The molecule has 2 N–H and O–H groups in total. The lowest BCUT2D eigenvalue weighted by Crippen LogP contribution is -2.27. The van der Waals surface area contributed by atoms with Crippen LogP contribution < -0.4 is 10.0 Å². The zero-order valence-electron chi connectivity index (χ0n) is 15.2. The highest BCUT2D eigenvalue weighted by Crippen LogP contribution is 2.15. The van der Waals surface area contributed by atoms with Gasteiger partial charge >= 0.3 is 0 Å². The lowest BCUT2D eigenvalue weighted by molar-refractivity contribution is -0.116. The highest BCUT2D eigenvalue weighted by molar-refractivity contribution is 7.89. The average molecular weight is 445 g/mol. The molecule has 8 heteroatoms. The standard InChI is InChI=1S/C21H17ClN2O3S2/c22-17-5-2-8-20(15-17)29(26,27)23-12-11-21(25)24-18-6-1-4-16(14-18)9-10-19-7-3-13-28-19/h1-8,13-15,23H,11-12H2,(H,24,25). The van der Waals surface area contributed by atoms with Gasteiger partial charge in [0.25, 0.3) is 0 Å². The van der Waals surface area contributed by atoms with Crippen LogP contribution in [0.4, 0.5) is 5.69 Å². The Labute approximate surface area is 178 Å². The van der Waals surface area contributed by atoms with Crippen molar-refractivity contribution in [3.63, 3.8) is 0 Å². The van der Waals surface area contributed by atoms with Gasteiger partial charge in [0.15, 0.2) is 0 Å². The maximum absolute atomic E-state index is 12.2.